The van der Waals surface area contributed by atoms with E-state index in [9.17, 15) is 34.8 Å². The Balaban J connectivity index is 1.66. The summed E-state index contributed by atoms with van der Waals surface area (Å²) in [4.78, 5) is 41.4. The van der Waals surface area contributed by atoms with Crippen LogP contribution >= 0.6 is 0 Å². The Hall–Kier alpha value is -3.17. The lowest BCUT2D eigenvalue weighted by molar-refractivity contribution is -0.149. The summed E-state index contributed by atoms with van der Waals surface area (Å²) >= 11 is 0. The molecule has 4 aliphatic rings. The number of hydrogen-bond acceptors (Lipinski definition) is 9. The minimum absolute atomic E-state index is 0.0488. The molecule has 5 rings (SSSR count). The zero-order valence-electron chi connectivity index (χ0n) is 20.6. The van der Waals surface area contributed by atoms with Crippen LogP contribution in [0.15, 0.2) is 34.8 Å². The zero-order chi connectivity index (χ0) is 26.1. The van der Waals surface area contributed by atoms with E-state index in [1.807, 2.05) is 4.90 Å². The summed E-state index contributed by atoms with van der Waals surface area (Å²) in [5, 5.41) is 45.1. The number of aliphatic hydroxyl groups excluding tert-OH is 2. The summed E-state index contributed by atoms with van der Waals surface area (Å²) in [6.45, 7) is 6.80. The number of aromatic hydroxyl groups is 1. The maximum absolute atomic E-state index is 13.8. The lowest BCUT2D eigenvalue weighted by Crippen LogP contribution is -2.60. The van der Waals surface area contributed by atoms with Crippen molar-refractivity contribution >= 4 is 23.0 Å². The number of Topliss-reactive ketones (excluding diaryl/α,β-unsaturated/α-hetero) is 3. The van der Waals surface area contributed by atoms with E-state index in [2.05, 4.69) is 0 Å². The summed E-state index contributed by atoms with van der Waals surface area (Å²) in [5.74, 6) is -6.28. The molecule has 1 heterocycles. The number of allylic oxidation sites excluding steroid dienone is 2. The number of phenols is 1. The smallest absolute Gasteiger partial charge is 0.209 e. The first-order chi connectivity index (χ1) is 17.0. The van der Waals surface area contributed by atoms with E-state index in [1.165, 1.54) is 0 Å². The van der Waals surface area contributed by atoms with E-state index < -0.39 is 52.0 Å². The van der Waals surface area contributed by atoms with Crippen molar-refractivity contribution in [2.24, 2.45) is 23.7 Å². The number of carbonyl (C=O) groups is 3. The van der Waals surface area contributed by atoms with Gasteiger partial charge < -0.3 is 30.1 Å². The van der Waals surface area contributed by atoms with Crippen LogP contribution < -0.4 is 4.90 Å². The number of hydrogen-bond donors (Lipinski definition) is 4. The van der Waals surface area contributed by atoms with Gasteiger partial charge >= 0.3 is 0 Å². The van der Waals surface area contributed by atoms with Gasteiger partial charge in [0, 0.05) is 30.5 Å². The molecule has 1 unspecified atom stereocenters. The highest BCUT2D eigenvalue weighted by Crippen LogP contribution is 2.55. The number of aliphatic hydroxyl groups is 3. The van der Waals surface area contributed by atoms with E-state index in [0.29, 0.717) is 44.0 Å². The zero-order valence-corrected chi connectivity index (χ0v) is 20.6. The molecule has 0 radical (unpaired) electrons. The van der Waals surface area contributed by atoms with E-state index in [1.54, 1.807) is 26.0 Å². The quantitative estimate of drug-likeness (QED) is 0.463. The molecule has 9 nitrogen and oxygen atoms in total. The van der Waals surface area contributed by atoms with Crippen LogP contribution in [0, 0.1) is 23.7 Å². The molecule has 192 valence electrons. The van der Waals surface area contributed by atoms with Gasteiger partial charge in [0.25, 0.3) is 0 Å². The van der Waals surface area contributed by atoms with Crippen molar-refractivity contribution in [2.45, 2.75) is 39.2 Å². The van der Waals surface area contributed by atoms with Crippen LogP contribution in [0.25, 0.3) is 0 Å². The van der Waals surface area contributed by atoms with Crippen molar-refractivity contribution in [1.82, 2.24) is 0 Å². The molecule has 0 bridgehead atoms. The van der Waals surface area contributed by atoms with Crippen molar-refractivity contribution in [2.75, 3.05) is 31.2 Å². The first-order valence-corrected chi connectivity index (χ1v) is 12.4. The second-order valence-corrected chi connectivity index (χ2v) is 10.6. The number of anilines is 1. The van der Waals surface area contributed by atoms with Crippen LogP contribution in [-0.2, 0) is 20.7 Å². The van der Waals surface area contributed by atoms with Crippen molar-refractivity contribution in [1.29, 1.82) is 0 Å². The number of morpholine rings is 1. The van der Waals surface area contributed by atoms with E-state index in [4.69, 9.17) is 4.74 Å². The maximum atomic E-state index is 13.8. The summed E-state index contributed by atoms with van der Waals surface area (Å²) < 4.78 is 5.37. The number of carbonyl (C=O) groups excluding carboxylic acids is 3. The van der Waals surface area contributed by atoms with Gasteiger partial charge in [-0.1, -0.05) is 19.9 Å². The predicted molar refractivity (Wildman–Crippen MR) is 129 cm³/mol. The van der Waals surface area contributed by atoms with Gasteiger partial charge in [-0.2, -0.15) is 0 Å². The lowest BCUT2D eigenvalue weighted by Gasteiger charge is -2.49. The third kappa shape index (κ3) is 3.25. The van der Waals surface area contributed by atoms with Gasteiger partial charge in [0.2, 0.25) is 5.78 Å². The largest absolute Gasteiger partial charge is 0.511 e. The number of nitrogens with zero attached hydrogens (tertiary/aromatic N) is 1. The van der Waals surface area contributed by atoms with Gasteiger partial charge in [0.15, 0.2) is 17.2 Å². The minimum Gasteiger partial charge on any atom is -0.511 e. The molecular formula is C27H31NO8. The average molecular weight is 498 g/mol. The van der Waals surface area contributed by atoms with E-state index in [0.717, 1.165) is 6.92 Å². The van der Waals surface area contributed by atoms with E-state index >= 15 is 0 Å². The van der Waals surface area contributed by atoms with Crippen LogP contribution in [0.3, 0.4) is 0 Å². The van der Waals surface area contributed by atoms with Crippen molar-refractivity contribution in [3.8, 4) is 5.75 Å². The molecular weight excluding hydrogens is 466 g/mol. The molecule has 0 amide bonds. The molecule has 4 N–H and O–H groups in total. The number of ether oxygens (including phenoxy) is 1. The van der Waals surface area contributed by atoms with Crippen LogP contribution in [0.1, 0.15) is 43.1 Å². The van der Waals surface area contributed by atoms with Crippen LogP contribution in [0.4, 0.5) is 5.69 Å². The van der Waals surface area contributed by atoms with Crippen LogP contribution in [-0.4, -0.2) is 69.7 Å². The molecule has 1 aliphatic heterocycles. The molecule has 9 heteroatoms. The summed E-state index contributed by atoms with van der Waals surface area (Å²) in [6.07, 6.45) is 0.462. The van der Waals surface area contributed by atoms with Gasteiger partial charge in [-0.05, 0) is 43.2 Å². The molecule has 1 saturated heterocycles. The fraction of sp³-hybridized carbons (Fsp3) is 0.519. The molecule has 0 aromatic heterocycles. The SMILES string of the molecule is CC(=O)C1=C(O)C(C(C)C)[C@H]2C[C@H]3Cc4ccc(N5CCOCC5)c(O)c4C(=O)C3=C(O)[C@@]2(O)C1=O. The maximum Gasteiger partial charge on any atom is 0.209 e. The van der Waals surface area contributed by atoms with Crippen molar-refractivity contribution < 1.29 is 39.5 Å². The highest BCUT2D eigenvalue weighted by molar-refractivity contribution is 6.25. The molecule has 4 atom stereocenters. The van der Waals surface area contributed by atoms with Gasteiger partial charge in [-0.15, -0.1) is 0 Å². The number of benzene rings is 1. The van der Waals surface area contributed by atoms with Gasteiger partial charge in [-0.3, -0.25) is 14.4 Å². The fourth-order valence-corrected chi connectivity index (χ4v) is 6.62. The van der Waals surface area contributed by atoms with Gasteiger partial charge in [0.1, 0.15) is 22.8 Å². The first kappa shape index (κ1) is 24.5. The minimum atomic E-state index is -2.52. The average Bonchev–Trinajstić information content (AvgIpc) is 2.81. The Morgan fingerprint density at radius 2 is 1.81 bits per heavy atom. The highest BCUT2D eigenvalue weighted by Gasteiger charge is 2.62. The standard InChI is InChI=1S/C27H31NO8/c1-12(2)18-16-11-15-10-14-4-5-17(28-6-8-36-9-7-28)22(30)20(14)24(32)21(15)26(34)27(16,35)25(33)19(13(3)29)23(18)31/h4-5,12,15-16,18,30-31,34-35H,6-11H2,1-3H3/t15-,16-,18?,27+/m1/s1. The Kier molecular flexibility index (Phi) is 5.76. The van der Waals surface area contributed by atoms with Crippen LogP contribution in [0.5, 0.6) is 5.75 Å². The lowest BCUT2D eigenvalue weighted by atomic mass is 9.55. The molecule has 1 aromatic carbocycles. The molecule has 0 saturated carbocycles. The third-order valence-electron chi connectivity index (χ3n) is 8.28. The molecule has 1 aromatic rings. The Morgan fingerprint density at radius 1 is 1.14 bits per heavy atom. The summed E-state index contributed by atoms with van der Waals surface area (Å²) in [7, 11) is 0. The second-order valence-electron chi connectivity index (χ2n) is 10.6. The number of phenolic OH excluding ortho intramolecular Hbond substituents is 1. The number of rotatable bonds is 3. The number of fused-ring (bicyclic) bond motifs is 3. The topological polar surface area (TPSA) is 145 Å². The Labute approximate surface area is 208 Å². The monoisotopic (exact) mass is 497 g/mol. The third-order valence-corrected chi connectivity index (χ3v) is 8.28. The molecule has 3 aliphatic carbocycles. The first-order valence-electron chi connectivity index (χ1n) is 12.4. The molecule has 36 heavy (non-hydrogen) atoms. The van der Waals surface area contributed by atoms with Crippen molar-refractivity contribution in [3.05, 3.63) is 45.9 Å². The number of ketones is 3. The van der Waals surface area contributed by atoms with Gasteiger partial charge in [-0.25, -0.2) is 0 Å². The second kappa shape index (κ2) is 8.45. The normalized spacial score (nSPS) is 30.4. The Bertz CT molecular complexity index is 1240. The van der Waals surface area contributed by atoms with Crippen molar-refractivity contribution in [3.63, 3.8) is 0 Å². The highest BCUT2D eigenvalue weighted by atomic mass is 16.5. The van der Waals surface area contributed by atoms with E-state index in [-0.39, 0.29) is 35.0 Å². The Morgan fingerprint density at radius 3 is 2.42 bits per heavy atom. The fourth-order valence-electron chi connectivity index (χ4n) is 6.62. The molecule has 0 spiro atoms. The predicted octanol–water partition coefficient (Wildman–Crippen LogP) is 2.40. The summed E-state index contributed by atoms with van der Waals surface area (Å²) in [6, 6.07) is 3.57. The van der Waals surface area contributed by atoms with Gasteiger partial charge in [0.05, 0.1) is 24.5 Å². The summed E-state index contributed by atoms with van der Waals surface area (Å²) in [5.41, 5.74) is -2.02. The molecule has 1 fully saturated rings. The van der Waals surface area contributed by atoms with Crippen LogP contribution in [0.2, 0.25) is 0 Å².